The van der Waals surface area contributed by atoms with Gasteiger partial charge in [-0.15, -0.1) is 0 Å². The number of rotatable bonds is 7. The number of nitrogens with zero attached hydrogens (tertiary/aromatic N) is 3. The molecule has 2 aliphatic rings. The lowest BCUT2D eigenvalue weighted by atomic mass is 9.87. The first-order valence-electron chi connectivity index (χ1n) is 14.5. The molecule has 0 saturated carbocycles. The third kappa shape index (κ3) is 5.64. The molecule has 1 unspecified atom stereocenters. The Labute approximate surface area is 246 Å². The second-order valence-corrected chi connectivity index (χ2v) is 12.1. The molecule has 3 heterocycles. The van der Waals surface area contributed by atoms with Gasteiger partial charge in [-0.25, -0.2) is 9.07 Å². The van der Waals surface area contributed by atoms with Gasteiger partial charge < -0.3 is 16.0 Å². The third-order valence-electron chi connectivity index (χ3n) is 8.73. The lowest BCUT2D eigenvalue weighted by Gasteiger charge is -2.35. The van der Waals surface area contributed by atoms with E-state index in [1.807, 2.05) is 30.3 Å². The number of nitrogen functional groups attached to an aromatic ring is 1. The van der Waals surface area contributed by atoms with Gasteiger partial charge in [0.2, 0.25) is 0 Å². The maximum absolute atomic E-state index is 15.2. The standard InChI is InChI=1S/C34H37ClFN5/c1-21(2)40-13-11-25(12-14-40)29-17-26-18-32(39-33(26)19-31(29)36)22(3)30-20-38-41(34(30)37)28-9-7-23(8-10-28)15-24-5-4-6-27(35)16-24/h4-10,16-17,19-21,25,32,39H,3,11-15,18,37H2,1-2H3. The van der Waals surface area contributed by atoms with Crippen molar-refractivity contribution in [1.82, 2.24) is 14.7 Å². The van der Waals surface area contributed by atoms with Crippen LogP contribution >= 0.6 is 11.6 Å². The molecule has 0 amide bonds. The lowest BCUT2D eigenvalue weighted by Crippen LogP contribution is -2.38. The van der Waals surface area contributed by atoms with Gasteiger partial charge in [-0.2, -0.15) is 5.10 Å². The van der Waals surface area contributed by atoms with Gasteiger partial charge in [0.15, 0.2) is 0 Å². The number of benzene rings is 3. The summed E-state index contributed by atoms with van der Waals surface area (Å²) < 4.78 is 17.0. The minimum Gasteiger partial charge on any atom is -0.383 e. The molecule has 1 aromatic heterocycles. The molecule has 1 atom stereocenters. The van der Waals surface area contributed by atoms with Crippen LogP contribution < -0.4 is 11.1 Å². The van der Waals surface area contributed by atoms with Gasteiger partial charge in [-0.05, 0) is 117 Å². The zero-order chi connectivity index (χ0) is 28.7. The van der Waals surface area contributed by atoms with Crippen molar-refractivity contribution in [2.45, 2.75) is 57.5 Å². The highest BCUT2D eigenvalue weighted by Crippen LogP contribution is 2.39. The monoisotopic (exact) mass is 569 g/mol. The molecule has 5 nitrogen and oxygen atoms in total. The van der Waals surface area contributed by atoms with E-state index < -0.39 is 0 Å². The molecule has 41 heavy (non-hydrogen) atoms. The van der Waals surface area contributed by atoms with Crippen LogP contribution in [-0.4, -0.2) is 39.9 Å². The summed E-state index contributed by atoms with van der Waals surface area (Å²) in [5, 5.41) is 8.81. The SMILES string of the molecule is C=C(c1cnn(-c2ccc(Cc3cccc(Cl)c3)cc2)c1N)C1Cc2cc(C3CCN(C(C)C)CC3)c(F)cc2N1. The van der Waals surface area contributed by atoms with Crippen LogP contribution in [0.25, 0.3) is 11.3 Å². The summed E-state index contributed by atoms with van der Waals surface area (Å²) in [7, 11) is 0. The van der Waals surface area contributed by atoms with Crippen molar-refractivity contribution in [2.24, 2.45) is 0 Å². The summed E-state index contributed by atoms with van der Waals surface area (Å²) in [5.41, 5.74) is 14.3. The second kappa shape index (κ2) is 11.3. The minimum atomic E-state index is -0.114. The highest BCUT2D eigenvalue weighted by molar-refractivity contribution is 6.30. The molecule has 0 bridgehead atoms. The zero-order valence-corrected chi connectivity index (χ0v) is 24.5. The molecule has 4 aromatic rings. The summed E-state index contributed by atoms with van der Waals surface area (Å²) in [6, 6.07) is 20.3. The van der Waals surface area contributed by atoms with Crippen LogP contribution in [0.15, 0.2) is 73.4 Å². The van der Waals surface area contributed by atoms with Crippen molar-refractivity contribution in [3.8, 4) is 5.69 Å². The van der Waals surface area contributed by atoms with Crippen LogP contribution in [0.4, 0.5) is 15.9 Å². The first kappa shape index (κ1) is 27.6. The number of piperidine rings is 1. The molecule has 3 N–H and O–H groups in total. The second-order valence-electron chi connectivity index (χ2n) is 11.7. The molecule has 3 aromatic carbocycles. The van der Waals surface area contributed by atoms with Gasteiger partial charge >= 0.3 is 0 Å². The van der Waals surface area contributed by atoms with Crippen molar-refractivity contribution in [1.29, 1.82) is 0 Å². The molecule has 6 rings (SSSR count). The summed E-state index contributed by atoms with van der Waals surface area (Å²) in [6.07, 6.45) is 5.31. The van der Waals surface area contributed by atoms with Gasteiger partial charge in [-0.3, -0.25) is 0 Å². The molecule has 2 aliphatic heterocycles. The van der Waals surface area contributed by atoms with E-state index in [-0.39, 0.29) is 17.8 Å². The number of aromatic nitrogens is 2. The minimum absolute atomic E-state index is 0.0672. The van der Waals surface area contributed by atoms with E-state index in [1.54, 1.807) is 16.9 Å². The Bertz CT molecular complexity index is 1570. The molecule has 7 heteroatoms. The Morgan fingerprint density at radius 1 is 1.10 bits per heavy atom. The predicted octanol–water partition coefficient (Wildman–Crippen LogP) is 7.48. The summed E-state index contributed by atoms with van der Waals surface area (Å²) >= 11 is 6.14. The first-order chi connectivity index (χ1) is 19.8. The van der Waals surface area contributed by atoms with Crippen LogP contribution in [0.2, 0.25) is 5.02 Å². The fourth-order valence-electron chi connectivity index (χ4n) is 6.29. The Hall–Kier alpha value is -3.61. The number of anilines is 2. The quantitative estimate of drug-likeness (QED) is 0.242. The molecule has 0 spiro atoms. The van der Waals surface area contributed by atoms with Crippen molar-refractivity contribution in [3.63, 3.8) is 0 Å². The van der Waals surface area contributed by atoms with Crippen LogP contribution in [0.3, 0.4) is 0 Å². The predicted molar refractivity (Wildman–Crippen MR) is 167 cm³/mol. The lowest BCUT2D eigenvalue weighted by molar-refractivity contribution is 0.171. The summed E-state index contributed by atoms with van der Waals surface area (Å²) in [5.74, 6) is 0.694. The Morgan fingerprint density at radius 3 is 2.56 bits per heavy atom. The Kier molecular flexibility index (Phi) is 7.62. The smallest absolute Gasteiger partial charge is 0.134 e. The molecule has 1 saturated heterocycles. The number of fused-ring (bicyclic) bond motifs is 1. The Balaban J connectivity index is 1.14. The molecule has 0 radical (unpaired) electrons. The van der Waals surface area contributed by atoms with Crippen LogP contribution in [0.1, 0.15) is 60.4 Å². The zero-order valence-electron chi connectivity index (χ0n) is 23.7. The van der Waals surface area contributed by atoms with Crippen molar-refractivity contribution >= 4 is 28.7 Å². The average molecular weight is 570 g/mol. The largest absolute Gasteiger partial charge is 0.383 e. The van der Waals surface area contributed by atoms with Crippen molar-refractivity contribution in [3.05, 3.63) is 112 Å². The van der Waals surface area contributed by atoms with Gasteiger partial charge in [0, 0.05) is 22.3 Å². The normalized spacial score (nSPS) is 17.5. The number of halogens is 2. The van der Waals surface area contributed by atoms with Crippen LogP contribution in [-0.2, 0) is 12.8 Å². The van der Waals surface area contributed by atoms with Crippen molar-refractivity contribution in [2.75, 3.05) is 24.1 Å². The van der Waals surface area contributed by atoms with Crippen LogP contribution in [0, 0.1) is 5.82 Å². The topological polar surface area (TPSA) is 59.1 Å². The fourth-order valence-corrected chi connectivity index (χ4v) is 6.50. The molecule has 1 fully saturated rings. The van der Waals surface area contributed by atoms with Crippen LogP contribution in [0.5, 0.6) is 0 Å². The Morgan fingerprint density at radius 2 is 1.85 bits per heavy atom. The number of hydrogen-bond acceptors (Lipinski definition) is 4. The summed E-state index contributed by atoms with van der Waals surface area (Å²) in [6.45, 7) is 10.9. The van der Waals surface area contributed by atoms with Crippen molar-refractivity contribution < 1.29 is 4.39 Å². The van der Waals surface area contributed by atoms with E-state index in [9.17, 15) is 0 Å². The number of nitrogens with two attached hydrogens (primary N) is 1. The third-order valence-corrected chi connectivity index (χ3v) is 8.96. The number of nitrogens with one attached hydrogen (secondary N) is 1. The van der Waals surface area contributed by atoms with E-state index in [0.717, 1.165) is 83.0 Å². The van der Waals surface area contributed by atoms with Gasteiger partial charge in [0.1, 0.15) is 11.6 Å². The molecular formula is C34H37ClFN5. The fraction of sp³-hybridized carbons (Fsp3) is 0.324. The van der Waals surface area contributed by atoms with Gasteiger partial charge in [0.05, 0.1) is 17.9 Å². The summed E-state index contributed by atoms with van der Waals surface area (Å²) in [4.78, 5) is 2.48. The van der Waals surface area contributed by atoms with E-state index in [0.29, 0.717) is 11.9 Å². The van der Waals surface area contributed by atoms with Gasteiger partial charge in [-0.1, -0.05) is 48.5 Å². The van der Waals surface area contributed by atoms with E-state index >= 15 is 4.39 Å². The average Bonchev–Trinajstić information content (AvgIpc) is 3.56. The number of hydrogen-bond donors (Lipinski definition) is 2. The molecule has 0 aliphatic carbocycles. The van der Waals surface area contributed by atoms with E-state index in [4.69, 9.17) is 17.3 Å². The van der Waals surface area contributed by atoms with Gasteiger partial charge in [0.25, 0.3) is 0 Å². The first-order valence-corrected chi connectivity index (χ1v) is 14.8. The van der Waals surface area contributed by atoms with E-state index in [2.05, 4.69) is 60.0 Å². The maximum atomic E-state index is 15.2. The molecule has 212 valence electrons. The number of likely N-dealkylation sites (tertiary alicyclic amines) is 1. The highest BCUT2D eigenvalue weighted by atomic mass is 35.5. The molecular weight excluding hydrogens is 533 g/mol. The highest BCUT2D eigenvalue weighted by Gasteiger charge is 2.30. The maximum Gasteiger partial charge on any atom is 0.134 e. The van der Waals surface area contributed by atoms with E-state index in [1.165, 1.54) is 5.56 Å².